The highest BCUT2D eigenvalue weighted by atomic mass is 16.2. The van der Waals surface area contributed by atoms with Gasteiger partial charge >= 0.3 is 0 Å². The maximum absolute atomic E-state index is 12.7. The fraction of sp³-hybridized carbons (Fsp3) is 0.882. The molecule has 0 saturated carbocycles. The Morgan fingerprint density at radius 2 is 1.87 bits per heavy atom. The van der Waals surface area contributed by atoms with E-state index in [4.69, 9.17) is 0 Å². The number of hydrogen-bond donors (Lipinski definition) is 0. The Morgan fingerprint density at radius 3 is 2.52 bits per heavy atom. The average Bonchev–Trinajstić information content (AvgIpc) is 2.72. The van der Waals surface area contributed by atoms with Gasteiger partial charge in [0.1, 0.15) is 0 Å². The SMILES string of the molecule is CC(C)N1CCC[C@H](N2CCCN(CC(=O)N(C)C)CC2)C1=O. The summed E-state index contributed by atoms with van der Waals surface area (Å²) in [6.45, 7) is 9.20. The van der Waals surface area contributed by atoms with E-state index in [2.05, 4.69) is 23.6 Å². The van der Waals surface area contributed by atoms with Gasteiger partial charge in [-0.15, -0.1) is 0 Å². The molecule has 2 saturated heterocycles. The quantitative estimate of drug-likeness (QED) is 0.755. The first-order valence-electron chi connectivity index (χ1n) is 8.87. The third-order valence-electron chi connectivity index (χ3n) is 4.99. The van der Waals surface area contributed by atoms with E-state index in [0.29, 0.717) is 12.5 Å². The molecule has 2 heterocycles. The summed E-state index contributed by atoms with van der Waals surface area (Å²) in [4.78, 5) is 32.9. The van der Waals surface area contributed by atoms with Gasteiger partial charge in [0, 0.05) is 46.3 Å². The molecule has 0 radical (unpaired) electrons. The lowest BCUT2D eigenvalue weighted by Crippen LogP contribution is -2.55. The van der Waals surface area contributed by atoms with E-state index in [1.54, 1.807) is 19.0 Å². The zero-order valence-corrected chi connectivity index (χ0v) is 15.1. The third-order valence-corrected chi connectivity index (χ3v) is 4.99. The van der Waals surface area contributed by atoms with E-state index in [0.717, 1.165) is 52.0 Å². The summed E-state index contributed by atoms with van der Waals surface area (Å²) in [5.41, 5.74) is 0. The van der Waals surface area contributed by atoms with Crippen LogP contribution < -0.4 is 0 Å². The molecule has 0 aromatic heterocycles. The van der Waals surface area contributed by atoms with Crippen molar-refractivity contribution in [1.82, 2.24) is 19.6 Å². The molecular weight excluding hydrogens is 292 g/mol. The van der Waals surface area contributed by atoms with Gasteiger partial charge in [0.2, 0.25) is 11.8 Å². The minimum absolute atomic E-state index is 0.0376. The van der Waals surface area contributed by atoms with Crippen molar-refractivity contribution in [3.05, 3.63) is 0 Å². The Balaban J connectivity index is 1.92. The van der Waals surface area contributed by atoms with Crippen LogP contribution in [0, 0.1) is 0 Å². The first-order valence-corrected chi connectivity index (χ1v) is 8.87. The molecule has 6 nitrogen and oxygen atoms in total. The van der Waals surface area contributed by atoms with Crippen molar-refractivity contribution in [3.8, 4) is 0 Å². The van der Waals surface area contributed by atoms with Crippen LogP contribution in [-0.2, 0) is 9.59 Å². The lowest BCUT2D eigenvalue weighted by molar-refractivity contribution is -0.142. The predicted octanol–water partition coefficient (Wildman–Crippen LogP) is 0.482. The Hall–Kier alpha value is -1.14. The summed E-state index contributed by atoms with van der Waals surface area (Å²) in [5, 5.41) is 0. The zero-order chi connectivity index (χ0) is 17.0. The van der Waals surface area contributed by atoms with Crippen molar-refractivity contribution in [2.45, 2.75) is 45.2 Å². The molecule has 2 rings (SSSR count). The van der Waals surface area contributed by atoms with Crippen molar-refractivity contribution in [1.29, 1.82) is 0 Å². The lowest BCUT2D eigenvalue weighted by atomic mass is 10.0. The van der Waals surface area contributed by atoms with E-state index in [1.807, 2.05) is 4.90 Å². The second kappa shape index (κ2) is 8.11. The van der Waals surface area contributed by atoms with Gasteiger partial charge in [-0.3, -0.25) is 19.4 Å². The van der Waals surface area contributed by atoms with E-state index in [-0.39, 0.29) is 18.0 Å². The minimum Gasteiger partial charge on any atom is -0.348 e. The maximum atomic E-state index is 12.7. The van der Waals surface area contributed by atoms with Gasteiger partial charge in [0.25, 0.3) is 0 Å². The molecule has 0 spiro atoms. The number of nitrogens with zero attached hydrogens (tertiary/aromatic N) is 4. The van der Waals surface area contributed by atoms with Gasteiger partial charge in [-0.2, -0.15) is 0 Å². The van der Waals surface area contributed by atoms with Crippen LogP contribution in [-0.4, -0.2) is 96.9 Å². The smallest absolute Gasteiger partial charge is 0.240 e. The minimum atomic E-state index is 0.0376. The number of carbonyl (C=O) groups excluding carboxylic acids is 2. The molecule has 0 bridgehead atoms. The second-order valence-corrected chi connectivity index (χ2v) is 7.24. The molecule has 0 unspecified atom stereocenters. The van der Waals surface area contributed by atoms with Crippen molar-refractivity contribution < 1.29 is 9.59 Å². The van der Waals surface area contributed by atoms with Crippen molar-refractivity contribution in [2.24, 2.45) is 0 Å². The number of likely N-dealkylation sites (tertiary alicyclic amines) is 1. The first kappa shape index (κ1) is 18.2. The molecule has 6 heteroatoms. The van der Waals surface area contributed by atoms with E-state index in [9.17, 15) is 9.59 Å². The van der Waals surface area contributed by atoms with Crippen LogP contribution in [0.3, 0.4) is 0 Å². The van der Waals surface area contributed by atoms with Gasteiger partial charge in [0.05, 0.1) is 12.6 Å². The fourth-order valence-corrected chi connectivity index (χ4v) is 3.52. The molecule has 0 aromatic carbocycles. The molecule has 2 aliphatic heterocycles. The number of amides is 2. The van der Waals surface area contributed by atoms with Crippen molar-refractivity contribution in [2.75, 3.05) is 53.4 Å². The van der Waals surface area contributed by atoms with Gasteiger partial charge < -0.3 is 9.80 Å². The Kier molecular flexibility index (Phi) is 6.41. The first-order chi connectivity index (χ1) is 10.9. The molecule has 1 atom stereocenters. The Morgan fingerprint density at radius 1 is 1.13 bits per heavy atom. The summed E-state index contributed by atoms with van der Waals surface area (Å²) in [6.07, 6.45) is 3.08. The van der Waals surface area contributed by atoms with E-state index < -0.39 is 0 Å². The largest absolute Gasteiger partial charge is 0.348 e. The molecule has 2 fully saturated rings. The van der Waals surface area contributed by atoms with Crippen molar-refractivity contribution >= 4 is 11.8 Å². The number of piperidine rings is 1. The summed E-state index contributed by atoms with van der Waals surface area (Å²) in [5.74, 6) is 0.447. The molecule has 0 N–H and O–H groups in total. The summed E-state index contributed by atoms with van der Waals surface area (Å²) in [6, 6.07) is 0.321. The normalized spacial score (nSPS) is 24.8. The summed E-state index contributed by atoms with van der Waals surface area (Å²) in [7, 11) is 3.60. The Bertz CT molecular complexity index is 425. The highest BCUT2D eigenvalue weighted by molar-refractivity contribution is 5.83. The zero-order valence-electron chi connectivity index (χ0n) is 15.1. The van der Waals surface area contributed by atoms with Crippen molar-refractivity contribution in [3.63, 3.8) is 0 Å². The number of likely N-dealkylation sites (N-methyl/N-ethyl adjacent to an activating group) is 1. The molecule has 23 heavy (non-hydrogen) atoms. The summed E-state index contributed by atoms with van der Waals surface area (Å²) >= 11 is 0. The standard InChI is InChI=1S/C17H32N4O2/c1-14(2)21-10-5-7-15(17(21)23)20-9-6-8-19(11-12-20)13-16(22)18(3)4/h14-15H,5-13H2,1-4H3/t15-/m0/s1. The summed E-state index contributed by atoms with van der Waals surface area (Å²) < 4.78 is 0. The number of rotatable bonds is 4. The van der Waals surface area contributed by atoms with Crippen LogP contribution in [0.1, 0.15) is 33.1 Å². The number of hydrogen-bond acceptors (Lipinski definition) is 4. The third kappa shape index (κ3) is 4.67. The van der Waals surface area contributed by atoms with Gasteiger partial charge in [-0.25, -0.2) is 0 Å². The van der Waals surface area contributed by atoms with Crippen LogP contribution in [0.25, 0.3) is 0 Å². The van der Waals surface area contributed by atoms with Gasteiger partial charge in [-0.1, -0.05) is 0 Å². The van der Waals surface area contributed by atoms with E-state index in [1.165, 1.54) is 0 Å². The molecular formula is C17H32N4O2. The monoisotopic (exact) mass is 324 g/mol. The number of carbonyl (C=O) groups is 2. The molecule has 132 valence electrons. The fourth-order valence-electron chi connectivity index (χ4n) is 3.52. The van der Waals surface area contributed by atoms with Crippen LogP contribution in [0.2, 0.25) is 0 Å². The molecule has 2 amide bonds. The van der Waals surface area contributed by atoms with Crippen LogP contribution in [0.15, 0.2) is 0 Å². The maximum Gasteiger partial charge on any atom is 0.240 e. The van der Waals surface area contributed by atoms with Gasteiger partial charge in [0.15, 0.2) is 0 Å². The van der Waals surface area contributed by atoms with E-state index >= 15 is 0 Å². The molecule has 0 aliphatic carbocycles. The van der Waals surface area contributed by atoms with Crippen LogP contribution in [0.5, 0.6) is 0 Å². The lowest BCUT2D eigenvalue weighted by Gasteiger charge is -2.40. The second-order valence-electron chi connectivity index (χ2n) is 7.24. The molecule has 0 aromatic rings. The van der Waals surface area contributed by atoms with Gasteiger partial charge in [-0.05, 0) is 39.7 Å². The Labute approximate surface area is 140 Å². The average molecular weight is 324 g/mol. The van der Waals surface area contributed by atoms with Crippen LogP contribution >= 0.6 is 0 Å². The highest BCUT2D eigenvalue weighted by Crippen LogP contribution is 2.20. The van der Waals surface area contributed by atoms with Crippen LogP contribution in [0.4, 0.5) is 0 Å². The topological polar surface area (TPSA) is 47.1 Å². The molecule has 2 aliphatic rings. The highest BCUT2D eigenvalue weighted by Gasteiger charge is 2.34. The predicted molar refractivity (Wildman–Crippen MR) is 91.2 cm³/mol.